The fourth-order valence-corrected chi connectivity index (χ4v) is 1.76. The molecular weight excluding hydrogens is 232 g/mol. The lowest BCUT2D eigenvalue weighted by atomic mass is 10.1. The second-order valence-corrected chi connectivity index (χ2v) is 5.09. The smallest absolute Gasteiger partial charge is 0.123 e. The molecule has 92 valence electrons. The Bertz CT molecular complexity index is 401. The van der Waals surface area contributed by atoms with E-state index < -0.39 is 0 Å². The lowest BCUT2D eigenvalue weighted by Gasteiger charge is -2.12. The van der Waals surface area contributed by atoms with Crippen LogP contribution in [-0.4, -0.2) is 25.2 Å². The van der Waals surface area contributed by atoms with Gasteiger partial charge in [0.15, 0.2) is 0 Å². The molecule has 1 unspecified atom stereocenters. The predicted octanol–water partition coefficient (Wildman–Crippen LogP) is 2.41. The first-order valence-electron chi connectivity index (χ1n) is 5.51. The number of hydrogen-bond acceptors (Lipinski definition) is 4. The van der Waals surface area contributed by atoms with Crippen LogP contribution in [-0.2, 0) is 6.54 Å². The SMILES string of the molecule is COc1ccc(C#N)cc1CNCC(C)SC. The number of nitrogens with one attached hydrogen (secondary N) is 1. The topological polar surface area (TPSA) is 45.0 Å². The summed E-state index contributed by atoms with van der Waals surface area (Å²) in [4.78, 5) is 0. The Morgan fingerprint density at radius 1 is 1.53 bits per heavy atom. The third kappa shape index (κ3) is 4.29. The maximum absolute atomic E-state index is 8.86. The van der Waals surface area contributed by atoms with Crippen LogP contribution in [0.4, 0.5) is 0 Å². The number of ether oxygens (including phenoxy) is 1. The van der Waals surface area contributed by atoms with Crippen molar-refractivity contribution in [3.05, 3.63) is 29.3 Å². The van der Waals surface area contributed by atoms with Crippen LogP contribution in [0.1, 0.15) is 18.1 Å². The zero-order valence-corrected chi connectivity index (χ0v) is 11.3. The molecule has 1 rings (SSSR count). The Morgan fingerprint density at radius 3 is 2.88 bits per heavy atom. The molecule has 0 aromatic heterocycles. The highest BCUT2D eigenvalue weighted by Crippen LogP contribution is 2.19. The molecule has 0 aliphatic rings. The Labute approximate surface area is 107 Å². The average Bonchev–Trinajstić information content (AvgIpc) is 2.38. The number of rotatable bonds is 6. The van der Waals surface area contributed by atoms with Crippen LogP contribution in [0.25, 0.3) is 0 Å². The van der Waals surface area contributed by atoms with E-state index in [1.165, 1.54) is 0 Å². The minimum atomic E-state index is 0.583. The van der Waals surface area contributed by atoms with Crippen molar-refractivity contribution in [3.8, 4) is 11.8 Å². The van der Waals surface area contributed by atoms with Crippen LogP contribution in [0.3, 0.4) is 0 Å². The summed E-state index contributed by atoms with van der Waals surface area (Å²) >= 11 is 1.83. The van der Waals surface area contributed by atoms with Crippen LogP contribution in [0.15, 0.2) is 18.2 Å². The second-order valence-electron chi connectivity index (χ2n) is 3.82. The van der Waals surface area contributed by atoms with Crippen molar-refractivity contribution in [1.82, 2.24) is 5.32 Å². The summed E-state index contributed by atoms with van der Waals surface area (Å²) in [7, 11) is 1.65. The normalized spacial score (nSPS) is 11.9. The molecule has 0 spiro atoms. The van der Waals surface area contributed by atoms with E-state index in [9.17, 15) is 0 Å². The van der Waals surface area contributed by atoms with Gasteiger partial charge < -0.3 is 10.1 Å². The van der Waals surface area contributed by atoms with E-state index in [4.69, 9.17) is 10.00 Å². The van der Waals surface area contributed by atoms with Crippen molar-refractivity contribution in [2.75, 3.05) is 19.9 Å². The number of nitrogens with zero attached hydrogens (tertiary/aromatic N) is 1. The van der Waals surface area contributed by atoms with E-state index in [1.54, 1.807) is 13.2 Å². The third-order valence-corrected chi connectivity index (χ3v) is 3.53. The largest absolute Gasteiger partial charge is 0.496 e. The molecule has 4 heteroatoms. The van der Waals surface area contributed by atoms with Gasteiger partial charge >= 0.3 is 0 Å². The van der Waals surface area contributed by atoms with Crippen LogP contribution < -0.4 is 10.1 Å². The first kappa shape index (κ1) is 13.9. The van der Waals surface area contributed by atoms with Gasteiger partial charge in [-0.05, 0) is 24.5 Å². The molecule has 17 heavy (non-hydrogen) atoms. The van der Waals surface area contributed by atoms with Gasteiger partial charge in [0.1, 0.15) is 5.75 Å². The van der Waals surface area contributed by atoms with Crippen LogP contribution in [0, 0.1) is 11.3 Å². The lowest BCUT2D eigenvalue weighted by Crippen LogP contribution is -2.22. The van der Waals surface area contributed by atoms with Gasteiger partial charge in [0.2, 0.25) is 0 Å². The zero-order chi connectivity index (χ0) is 12.7. The second kappa shape index (κ2) is 7.21. The van der Waals surface area contributed by atoms with Gasteiger partial charge in [-0.25, -0.2) is 0 Å². The molecule has 0 heterocycles. The maximum atomic E-state index is 8.86. The first-order chi connectivity index (χ1) is 8.21. The van der Waals surface area contributed by atoms with Crippen LogP contribution in [0.2, 0.25) is 0 Å². The van der Waals surface area contributed by atoms with Gasteiger partial charge in [-0.15, -0.1) is 0 Å². The number of nitriles is 1. The summed E-state index contributed by atoms with van der Waals surface area (Å²) in [6, 6.07) is 7.62. The minimum Gasteiger partial charge on any atom is -0.496 e. The van der Waals surface area contributed by atoms with Crippen LogP contribution in [0.5, 0.6) is 5.75 Å². The van der Waals surface area contributed by atoms with Gasteiger partial charge in [0, 0.05) is 23.9 Å². The Morgan fingerprint density at radius 2 is 2.29 bits per heavy atom. The molecule has 0 aliphatic carbocycles. The van der Waals surface area contributed by atoms with Crippen LogP contribution >= 0.6 is 11.8 Å². The summed E-state index contributed by atoms with van der Waals surface area (Å²) in [6.45, 7) is 3.85. The molecule has 0 fully saturated rings. The molecule has 1 atom stereocenters. The molecule has 1 aromatic rings. The molecule has 0 bridgehead atoms. The van der Waals surface area contributed by atoms with E-state index in [-0.39, 0.29) is 0 Å². The van der Waals surface area contributed by atoms with Gasteiger partial charge in [-0.2, -0.15) is 17.0 Å². The monoisotopic (exact) mass is 250 g/mol. The summed E-state index contributed by atoms with van der Waals surface area (Å²) in [5.41, 5.74) is 1.69. The highest BCUT2D eigenvalue weighted by molar-refractivity contribution is 7.99. The maximum Gasteiger partial charge on any atom is 0.123 e. The fraction of sp³-hybridized carbons (Fsp3) is 0.462. The summed E-state index contributed by atoms with van der Waals surface area (Å²) in [6.07, 6.45) is 2.10. The van der Waals surface area contributed by atoms with Crippen molar-refractivity contribution in [3.63, 3.8) is 0 Å². The molecular formula is C13H18N2OS. The van der Waals surface area contributed by atoms with E-state index in [2.05, 4.69) is 24.6 Å². The summed E-state index contributed by atoms with van der Waals surface area (Å²) in [5.74, 6) is 0.827. The van der Waals surface area contributed by atoms with Crippen molar-refractivity contribution < 1.29 is 4.74 Å². The molecule has 1 N–H and O–H groups in total. The molecule has 1 aromatic carbocycles. The summed E-state index contributed by atoms with van der Waals surface area (Å²) < 4.78 is 5.27. The predicted molar refractivity (Wildman–Crippen MR) is 72.4 cm³/mol. The van der Waals surface area contributed by atoms with E-state index in [0.717, 1.165) is 24.4 Å². The van der Waals surface area contributed by atoms with Crippen molar-refractivity contribution in [2.45, 2.75) is 18.7 Å². The lowest BCUT2D eigenvalue weighted by molar-refractivity contribution is 0.407. The first-order valence-corrected chi connectivity index (χ1v) is 6.80. The fourth-order valence-electron chi connectivity index (χ4n) is 1.48. The molecule has 0 radical (unpaired) electrons. The summed E-state index contributed by atoms with van der Waals surface area (Å²) in [5, 5.41) is 12.8. The molecule has 0 saturated carbocycles. The number of methoxy groups -OCH3 is 1. The van der Waals surface area contributed by atoms with Crippen molar-refractivity contribution in [1.29, 1.82) is 5.26 Å². The van der Waals surface area contributed by atoms with Gasteiger partial charge in [0.05, 0.1) is 18.7 Å². The Hall–Kier alpha value is -1.18. The molecule has 0 saturated heterocycles. The highest BCUT2D eigenvalue weighted by Gasteiger charge is 2.05. The van der Waals surface area contributed by atoms with Gasteiger partial charge in [-0.3, -0.25) is 0 Å². The number of thioether (sulfide) groups is 1. The average molecular weight is 250 g/mol. The Balaban J connectivity index is 2.65. The van der Waals surface area contributed by atoms with Gasteiger partial charge in [-0.1, -0.05) is 6.92 Å². The van der Waals surface area contributed by atoms with Crippen molar-refractivity contribution >= 4 is 11.8 Å². The molecule has 3 nitrogen and oxygen atoms in total. The minimum absolute atomic E-state index is 0.583. The number of benzene rings is 1. The third-order valence-electron chi connectivity index (χ3n) is 2.56. The Kier molecular flexibility index (Phi) is 5.88. The molecule has 0 aliphatic heterocycles. The van der Waals surface area contributed by atoms with E-state index in [1.807, 2.05) is 23.9 Å². The number of hydrogen-bond donors (Lipinski definition) is 1. The highest BCUT2D eigenvalue weighted by atomic mass is 32.2. The van der Waals surface area contributed by atoms with E-state index in [0.29, 0.717) is 10.8 Å². The standard InChI is InChI=1S/C13H18N2OS/c1-10(17-3)8-15-9-12-6-11(7-14)4-5-13(12)16-2/h4-6,10,15H,8-9H2,1-3H3. The zero-order valence-electron chi connectivity index (χ0n) is 10.5. The van der Waals surface area contributed by atoms with Gasteiger partial charge in [0.25, 0.3) is 0 Å². The van der Waals surface area contributed by atoms with Crippen molar-refractivity contribution in [2.24, 2.45) is 0 Å². The quantitative estimate of drug-likeness (QED) is 0.842. The van der Waals surface area contributed by atoms with E-state index >= 15 is 0 Å². The molecule has 0 amide bonds.